The average molecular weight is 631 g/mol. The first-order valence-electron chi connectivity index (χ1n) is 12.8. The van der Waals surface area contributed by atoms with Crippen LogP contribution in [0.3, 0.4) is 0 Å². The van der Waals surface area contributed by atoms with Crippen molar-refractivity contribution < 1.29 is 79.3 Å². The zero-order chi connectivity index (χ0) is 33.0. The maximum absolute atomic E-state index is 12.9. The molecule has 1 saturated heterocycles. The van der Waals surface area contributed by atoms with Gasteiger partial charge in [-0.25, -0.2) is 14.4 Å². The smallest absolute Gasteiger partial charge is 0.340 e. The molecule has 0 aromatic heterocycles. The van der Waals surface area contributed by atoms with Crippen molar-refractivity contribution in [1.82, 2.24) is 0 Å². The lowest BCUT2D eigenvalue weighted by Crippen LogP contribution is -2.61. The molecule has 5 unspecified atom stereocenters. The molecule has 0 amide bonds. The summed E-state index contributed by atoms with van der Waals surface area (Å²) < 4.78 is 20.9. The minimum absolute atomic E-state index is 0.00864. The van der Waals surface area contributed by atoms with Crippen LogP contribution >= 0.6 is 0 Å². The predicted molar refractivity (Wildman–Crippen MR) is 146 cm³/mol. The topological polar surface area (TPSA) is 270 Å². The van der Waals surface area contributed by atoms with Crippen molar-refractivity contribution in [2.45, 2.75) is 30.7 Å². The first-order valence-corrected chi connectivity index (χ1v) is 12.8. The van der Waals surface area contributed by atoms with Crippen LogP contribution in [-0.2, 0) is 23.7 Å². The summed E-state index contributed by atoms with van der Waals surface area (Å²) in [6.45, 7) is -0.716. The normalized spacial score (nSPS) is 21.2. The Morgan fingerprint density at radius 2 is 1.20 bits per heavy atom. The van der Waals surface area contributed by atoms with Crippen LogP contribution in [0.2, 0.25) is 0 Å². The van der Waals surface area contributed by atoms with E-state index >= 15 is 0 Å². The second-order valence-electron chi connectivity index (χ2n) is 9.58. The molecule has 16 nitrogen and oxygen atoms in total. The molecular weight excluding hydrogens is 604 g/mol. The minimum atomic E-state index is -2.07. The van der Waals surface area contributed by atoms with Gasteiger partial charge >= 0.3 is 17.9 Å². The molecule has 238 valence electrons. The average Bonchev–Trinajstić information content (AvgIpc) is 3.00. The molecule has 16 heteroatoms. The zero-order valence-electron chi connectivity index (χ0n) is 22.8. The quantitative estimate of drug-likeness (QED) is 0.0717. The van der Waals surface area contributed by atoms with E-state index in [4.69, 9.17) is 18.9 Å². The Hall–Kier alpha value is -5.71. The molecule has 0 saturated carbocycles. The van der Waals surface area contributed by atoms with E-state index in [1.54, 1.807) is 0 Å². The van der Waals surface area contributed by atoms with Gasteiger partial charge in [0.25, 0.3) is 0 Å². The highest BCUT2D eigenvalue weighted by atomic mass is 16.7. The van der Waals surface area contributed by atoms with Gasteiger partial charge in [0, 0.05) is 6.08 Å². The molecule has 0 aliphatic carbocycles. The molecule has 1 fully saturated rings. The third-order valence-electron chi connectivity index (χ3n) is 6.42. The summed E-state index contributed by atoms with van der Waals surface area (Å²) in [5.41, 5.74) is -0.542. The van der Waals surface area contributed by atoms with E-state index in [0.717, 1.165) is 6.08 Å². The second-order valence-corrected chi connectivity index (χ2v) is 9.58. The van der Waals surface area contributed by atoms with Gasteiger partial charge in [-0.1, -0.05) is 12.1 Å². The number of phenolic OH excluding ortho intramolecular Hbond substituents is 7. The summed E-state index contributed by atoms with van der Waals surface area (Å²) in [5.74, 6) is -9.10. The summed E-state index contributed by atoms with van der Waals surface area (Å²) in [6.07, 6.45) is -7.25. The van der Waals surface area contributed by atoms with E-state index in [0.29, 0.717) is 29.8 Å². The molecule has 5 atom stereocenters. The molecule has 0 radical (unpaired) electrons. The summed E-state index contributed by atoms with van der Waals surface area (Å²) in [5, 5.41) is 88.9. The number of esters is 3. The van der Waals surface area contributed by atoms with E-state index in [-0.39, 0.29) is 5.75 Å². The summed E-state index contributed by atoms with van der Waals surface area (Å²) in [4.78, 5) is 37.9. The fraction of sp³-hybridized carbons (Fsp3) is 0.207. The Kier molecular flexibility index (Phi) is 9.51. The van der Waals surface area contributed by atoms with Gasteiger partial charge in [0.2, 0.25) is 6.29 Å². The third kappa shape index (κ3) is 7.45. The molecule has 9 N–H and O–H groups in total. The number of benzene rings is 3. The number of phenols is 7. The lowest BCUT2D eigenvalue weighted by Gasteiger charge is -2.41. The van der Waals surface area contributed by atoms with Crippen molar-refractivity contribution in [3.8, 4) is 40.2 Å². The zero-order valence-corrected chi connectivity index (χ0v) is 22.8. The van der Waals surface area contributed by atoms with Crippen LogP contribution in [0.4, 0.5) is 0 Å². The minimum Gasteiger partial charge on any atom is -0.508 e. The third-order valence-corrected chi connectivity index (χ3v) is 6.42. The maximum Gasteiger partial charge on any atom is 0.340 e. The first kappa shape index (κ1) is 32.2. The lowest BCUT2D eigenvalue weighted by atomic mass is 9.99. The largest absolute Gasteiger partial charge is 0.508 e. The number of aromatic hydroxyl groups is 7. The summed E-state index contributed by atoms with van der Waals surface area (Å²) in [7, 11) is 0. The van der Waals surface area contributed by atoms with Gasteiger partial charge in [0.05, 0.1) is 11.1 Å². The van der Waals surface area contributed by atoms with Gasteiger partial charge in [-0.3, -0.25) is 0 Å². The Bertz CT molecular complexity index is 1570. The van der Waals surface area contributed by atoms with Crippen molar-refractivity contribution in [2.75, 3.05) is 6.61 Å². The van der Waals surface area contributed by atoms with E-state index in [1.165, 1.54) is 30.3 Å². The molecule has 1 aliphatic heterocycles. The number of aliphatic hydroxyl groups is 2. The number of ether oxygens (including phenoxy) is 4. The number of carbonyl (C=O) groups excluding carboxylic acids is 3. The SMILES string of the molecule is O=C(C=Cc1ccc(O)cc1)OCC1OC(OC(=O)c2cc(O)c(O)c(O)c2)C(OC(=O)c2cc(O)c(O)c(O)c2)C(O)C1O. The van der Waals surface area contributed by atoms with Crippen LogP contribution < -0.4 is 0 Å². The van der Waals surface area contributed by atoms with E-state index in [1.807, 2.05) is 0 Å². The van der Waals surface area contributed by atoms with Crippen LogP contribution in [0.15, 0.2) is 54.6 Å². The van der Waals surface area contributed by atoms with Crippen LogP contribution in [-0.4, -0.2) is 101 Å². The first-order chi connectivity index (χ1) is 21.2. The maximum atomic E-state index is 12.9. The second kappa shape index (κ2) is 13.3. The van der Waals surface area contributed by atoms with Crippen molar-refractivity contribution in [3.05, 3.63) is 71.3 Å². The van der Waals surface area contributed by atoms with Crippen molar-refractivity contribution in [2.24, 2.45) is 0 Å². The summed E-state index contributed by atoms with van der Waals surface area (Å²) >= 11 is 0. The van der Waals surface area contributed by atoms with Gasteiger partial charge in [-0.05, 0) is 48.0 Å². The predicted octanol–water partition coefficient (Wildman–Crippen LogP) is 0.711. The molecular formula is C29H26O16. The highest BCUT2D eigenvalue weighted by Crippen LogP contribution is 2.37. The Morgan fingerprint density at radius 1 is 0.711 bits per heavy atom. The van der Waals surface area contributed by atoms with Crippen LogP contribution in [0.5, 0.6) is 40.2 Å². The molecule has 3 aromatic rings. The van der Waals surface area contributed by atoms with E-state index in [9.17, 15) is 60.3 Å². The monoisotopic (exact) mass is 630 g/mol. The number of hydrogen-bond acceptors (Lipinski definition) is 16. The number of rotatable bonds is 8. The molecule has 4 rings (SSSR count). The van der Waals surface area contributed by atoms with Crippen LogP contribution in [0, 0.1) is 0 Å². The fourth-order valence-electron chi connectivity index (χ4n) is 4.03. The van der Waals surface area contributed by atoms with Crippen molar-refractivity contribution in [1.29, 1.82) is 0 Å². The Morgan fingerprint density at radius 3 is 1.71 bits per heavy atom. The van der Waals surface area contributed by atoms with Crippen molar-refractivity contribution in [3.63, 3.8) is 0 Å². The molecule has 0 bridgehead atoms. The number of carbonyl (C=O) groups is 3. The number of aliphatic hydroxyl groups excluding tert-OH is 2. The fourth-order valence-corrected chi connectivity index (χ4v) is 4.03. The van der Waals surface area contributed by atoms with Crippen molar-refractivity contribution >= 4 is 24.0 Å². The van der Waals surface area contributed by atoms with Gasteiger partial charge in [0.15, 0.2) is 40.6 Å². The van der Waals surface area contributed by atoms with Gasteiger partial charge in [-0.2, -0.15) is 0 Å². The molecule has 45 heavy (non-hydrogen) atoms. The van der Waals surface area contributed by atoms with Gasteiger partial charge in [0.1, 0.15) is 30.7 Å². The standard InChI is InChI=1S/C29H26O16/c30-15-4-1-12(2-5-15)3-6-21(35)42-11-20-24(38)25(39)26(44-27(40)13-7-16(31)22(36)17(32)8-13)29(43-20)45-28(41)14-9-18(33)23(37)19(34)10-14/h1-10,20,24-26,29-34,36-39H,11H2. The van der Waals surface area contributed by atoms with E-state index in [2.05, 4.69) is 0 Å². The number of hydrogen-bond donors (Lipinski definition) is 9. The highest BCUT2D eigenvalue weighted by molar-refractivity contribution is 5.92. The van der Waals surface area contributed by atoms with E-state index < -0.39 is 101 Å². The Labute approximate surface area is 252 Å². The van der Waals surface area contributed by atoms with Gasteiger partial charge in [-0.15, -0.1) is 0 Å². The highest BCUT2D eigenvalue weighted by Gasteiger charge is 2.49. The lowest BCUT2D eigenvalue weighted by molar-refractivity contribution is -0.285. The molecule has 1 aliphatic rings. The van der Waals surface area contributed by atoms with Crippen LogP contribution in [0.1, 0.15) is 26.3 Å². The Balaban J connectivity index is 1.54. The van der Waals surface area contributed by atoms with Gasteiger partial charge < -0.3 is 64.9 Å². The summed E-state index contributed by atoms with van der Waals surface area (Å²) in [6, 6.07) is 8.65. The molecule has 3 aromatic carbocycles. The molecule has 0 spiro atoms. The molecule has 1 heterocycles. The van der Waals surface area contributed by atoms with Crippen LogP contribution in [0.25, 0.3) is 6.08 Å².